The SMILES string of the molecule is CCCC1(Cn2c(CCl)nc3cc(I)c(F)cc32)CC1. The summed E-state index contributed by atoms with van der Waals surface area (Å²) in [6, 6.07) is 3.40. The summed E-state index contributed by atoms with van der Waals surface area (Å²) in [6.45, 7) is 3.13. The van der Waals surface area contributed by atoms with Gasteiger partial charge in [0.15, 0.2) is 0 Å². The number of halogens is 3. The van der Waals surface area contributed by atoms with E-state index in [1.807, 2.05) is 22.6 Å². The summed E-state index contributed by atoms with van der Waals surface area (Å²) in [5.41, 5.74) is 2.11. The van der Waals surface area contributed by atoms with Crippen molar-refractivity contribution in [3.63, 3.8) is 0 Å². The van der Waals surface area contributed by atoms with E-state index >= 15 is 0 Å². The van der Waals surface area contributed by atoms with E-state index in [-0.39, 0.29) is 5.82 Å². The van der Waals surface area contributed by atoms with Crippen LogP contribution in [0.4, 0.5) is 4.39 Å². The Kier molecular flexibility index (Phi) is 3.97. The zero-order valence-electron chi connectivity index (χ0n) is 11.4. The Morgan fingerprint density at radius 2 is 2.20 bits per heavy atom. The van der Waals surface area contributed by atoms with Crippen LogP contribution in [-0.4, -0.2) is 9.55 Å². The number of benzene rings is 1. The summed E-state index contributed by atoms with van der Waals surface area (Å²) >= 11 is 8.03. The molecule has 1 heterocycles. The highest BCUT2D eigenvalue weighted by molar-refractivity contribution is 14.1. The van der Waals surface area contributed by atoms with Gasteiger partial charge in [-0.2, -0.15) is 0 Å². The van der Waals surface area contributed by atoms with Gasteiger partial charge >= 0.3 is 0 Å². The number of hydrogen-bond acceptors (Lipinski definition) is 1. The van der Waals surface area contributed by atoms with Gasteiger partial charge in [0, 0.05) is 12.6 Å². The first kappa shape index (κ1) is 14.6. The lowest BCUT2D eigenvalue weighted by Crippen LogP contribution is -2.13. The van der Waals surface area contributed by atoms with Crippen molar-refractivity contribution < 1.29 is 4.39 Å². The highest BCUT2D eigenvalue weighted by atomic mass is 127. The van der Waals surface area contributed by atoms with Gasteiger partial charge in [-0.05, 0) is 53.3 Å². The monoisotopic (exact) mass is 406 g/mol. The number of hydrogen-bond donors (Lipinski definition) is 0. The van der Waals surface area contributed by atoms with Gasteiger partial charge in [0.1, 0.15) is 11.6 Å². The molecule has 1 fully saturated rings. The van der Waals surface area contributed by atoms with Crippen LogP contribution in [0.2, 0.25) is 0 Å². The number of nitrogens with zero attached hydrogens (tertiary/aromatic N) is 2. The third kappa shape index (κ3) is 2.56. The van der Waals surface area contributed by atoms with Gasteiger partial charge in [0.05, 0.1) is 20.5 Å². The Morgan fingerprint density at radius 1 is 1.45 bits per heavy atom. The van der Waals surface area contributed by atoms with Crippen LogP contribution in [0.15, 0.2) is 12.1 Å². The highest BCUT2D eigenvalue weighted by Crippen LogP contribution is 2.51. The average Bonchev–Trinajstić information content (AvgIpc) is 3.10. The van der Waals surface area contributed by atoms with Gasteiger partial charge in [-0.15, -0.1) is 11.6 Å². The first-order valence-electron chi connectivity index (χ1n) is 6.99. The Labute approximate surface area is 136 Å². The van der Waals surface area contributed by atoms with Crippen molar-refractivity contribution in [2.45, 2.75) is 45.0 Å². The molecule has 1 saturated carbocycles. The molecule has 0 spiro atoms. The minimum absolute atomic E-state index is 0.180. The molecule has 0 radical (unpaired) electrons. The zero-order chi connectivity index (χ0) is 14.3. The molecule has 0 aliphatic heterocycles. The van der Waals surface area contributed by atoms with Crippen molar-refractivity contribution >= 4 is 45.2 Å². The van der Waals surface area contributed by atoms with Crippen LogP contribution >= 0.6 is 34.2 Å². The Bertz CT molecular complexity index is 649. The van der Waals surface area contributed by atoms with Gasteiger partial charge in [0.25, 0.3) is 0 Å². The second kappa shape index (κ2) is 5.44. The Balaban J connectivity index is 2.06. The fraction of sp³-hybridized carbons (Fsp3) is 0.533. The van der Waals surface area contributed by atoms with Gasteiger partial charge in [0.2, 0.25) is 0 Å². The van der Waals surface area contributed by atoms with Crippen LogP contribution in [0, 0.1) is 14.8 Å². The zero-order valence-corrected chi connectivity index (χ0v) is 14.3. The lowest BCUT2D eigenvalue weighted by molar-refractivity contribution is 0.389. The summed E-state index contributed by atoms with van der Waals surface area (Å²) < 4.78 is 16.6. The summed E-state index contributed by atoms with van der Waals surface area (Å²) in [5.74, 6) is 1.04. The first-order chi connectivity index (χ1) is 9.58. The molecule has 0 atom stereocenters. The van der Waals surface area contributed by atoms with Crippen LogP contribution < -0.4 is 0 Å². The van der Waals surface area contributed by atoms with Crippen LogP contribution in [-0.2, 0) is 12.4 Å². The van der Waals surface area contributed by atoms with Gasteiger partial charge in [-0.25, -0.2) is 9.37 Å². The van der Waals surface area contributed by atoms with Crippen LogP contribution in [0.1, 0.15) is 38.4 Å². The maximum absolute atomic E-state index is 13.9. The molecule has 0 amide bonds. The van der Waals surface area contributed by atoms with Crippen LogP contribution in [0.3, 0.4) is 0 Å². The molecule has 5 heteroatoms. The van der Waals surface area contributed by atoms with E-state index in [0.29, 0.717) is 14.9 Å². The molecule has 20 heavy (non-hydrogen) atoms. The molecule has 3 rings (SSSR count). The van der Waals surface area contributed by atoms with E-state index in [2.05, 4.69) is 16.5 Å². The van der Waals surface area contributed by atoms with Crippen molar-refractivity contribution in [2.24, 2.45) is 5.41 Å². The predicted molar refractivity (Wildman–Crippen MR) is 88.5 cm³/mol. The molecule has 0 bridgehead atoms. The van der Waals surface area contributed by atoms with Crippen LogP contribution in [0.25, 0.3) is 11.0 Å². The van der Waals surface area contributed by atoms with E-state index in [1.54, 1.807) is 12.1 Å². The summed E-state index contributed by atoms with van der Waals surface area (Å²) in [6.07, 6.45) is 4.93. The lowest BCUT2D eigenvalue weighted by Gasteiger charge is -2.17. The molecule has 0 saturated heterocycles. The quantitative estimate of drug-likeness (QED) is 0.499. The topological polar surface area (TPSA) is 17.8 Å². The van der Waals surface area contributed by atoms with E-state index in [9.17, 15) is 4.39 Å². The number of aromatic nitrogens is 2. The molecule has 0 unspecified atom stereocenters. The Hall–Kier alpha value is -0.360. The number of fused-ring (bicyclic) bond motifs is 1. The highest BCUT2D eigenvalue weighted by Gasteiger charge is 2.42. The van der Waals surface area contributed by atoms with E-state index in [1.165, 1.54) is 25.7 Å². The summed E-state index contributed by atoms with van der Waals surface area (Å²) in [7, 11) is 0. The fourth-order valence-electron chi connectivity index (χ4n) is 2.98. The smallest absolute Gasteiger partial charge is 0.138 e. The number of rotatable bonds is 5. The predicted octanol–water partition coefficient (Wildman–Crippen LogP) is 5.10. The lowest BCUT2D eigenvalue weighted by atomic mass is 10.0. The molecule has 2 nitrogen and oxygen atoms in total. The van der Waals surface area contributed by atoms with Crippen molar-refractivity contribution in [1.82, 2.24) is 9.55 Å². The minimum atomic E-state index is -0.180. The van der Waals surface area contributed by atoms with Gasteiger partial charge < -0.3 is 4.57 Å². The molecular weight excluding hydrogens is 390 g/mol. The second-order valence-electron chi connectivity index (χ2n) is 5.75. The molecule has 108 valence electrons. The molecular formula is C15H17ClFIN2. The van der Waals surface area contributed by atoms with Gasteiger partial charge in [-0.1, -0.05) is 13.3 Å². The molecule has 1 aliphatic carbocycles. The average molecular weight is 407 g/mol. The standard InChI is InChI=1S/C15H17ClFIN2/c1-2-3-15(4-5-15)9-20-13-6-10(17)11(18)7-12(13)19-14(20)8-16/h6-7H,2-5,8-9H2,1H3. The molecule has 0 N–H and O–H groups in total. The van der Waals surface area contributed by atoms with E-state index < -0.39 is 0 Å². The van der Waals surface area contributed by atoms with Crippen molar-refractivity contribution in [2.75, 3.05) is 0 Å². The molecule has 1 aromatic carbocycles. The van der Waals surface area contributed by atoms with Gasteiger partial charge in [-0.3, -0.25) is 0 Å². The van der Waals surface area contributed by atoms with Crippen molar-refractivity contribution in [1.29, 1.82) is 0 Å². The number of alkyl halides is 1. The second-order valence-corrected chi connectivity index (χ2v) is 7.18. The van der Waals surface area contributed by atoms with Crippen LogP contribution in [0.5, 0.6) is 0 Å². The third-order valence-electron chi connectivity index (χ3n) is 4.22. The molecule has 2 aromatic rings. The third-order valence-corrected chi connectivity index (χ3v) is 5.29. The largest absolute Gasteiger partial charge is 0.326 e. The maximum Gasteiger partial charge on any atom is 0.138 e. The van der Waals surface area contributed by atoms with Crippen molar-refractivity contribution in [3.05, 3.63) is 27.3 Å². The normalized spacial score (nSPS) is 16.8. The summed E-state index contributed by atoms with van der Waals surface area (Å²) in [5, 5.41) is 0. The fourth-order valence-corrected chi connectivity index (χ4v) is 3.63. The molecule has 1 aromatic heterocycles. The maximum atomic E-state index is 13.9. The molecule has 1 aliphatic rings. The van der Waals surface area contributed by atoms with E-state index in [0.717, 1.165) is 23.4 Å². The Morgan fingerprint density at radius 3 is 2.80 bits per heavy atom. The number of imidazole rings is 1. The van der Waals surface area contributed by atoms with E-state index in [4.69, 9.17) is 11.6 Å². The summed E-state index contributed by atoms with van der Waals surface area (Å²) in [4.78, 5) is 4.56. The minimum Gasteiger partial charge on any atom is -0.326 e. The first-order valence-corrected chi connectivity index (χ1v) is 8.60. The van der Waals surface area contributed by atoms with Crippen molar-refractivity contribution in [3.8, 4) is 0 Å².